The van der Waals surface area contributed by atoms with Gasteiger partial charge in [0.1, 0.15) is 0 Å². The van der Waals surface area contributed by atoms with Crippen LogP contribution >= 0.6 is 0 Å². The van der Waals surface area contributed by atoms with Gasteiger partial charge >= 0.3 is 0 Å². The predicted molar refractivity (Wildman–Crippen MR) is 40.0 cm³/mol. The van der Waals surface area contributed by atoms with Gasteiger partial charge in [-0.05, 0) is 26.2 Å². The maximum atomic E-state index is 5.48. The Hall–Kier alpha value is -0.0800. The first-order valence-corrected chi connectivity index (χ1v) is 4.14. The lowest BCUT2D eigenvalue weighted by molar-refractivity contribution is -0.0184. The monoisotopic (exact) mass is 141 g/mol. The van der Waals surface area contributed by atoms with Crippen molar-refractivity contribution in [1.82, 2.24) is 5.32 Å². The molecular formula is C8H15NO. The number of piperidine rings is 1. The molecule has 0 spiro atoms. The summed E-state index contributed by atoms with van der Waals surface area (Å²) in [5.74, 6) is 0. The van der Waals surface area contributed by atoms with Gasteiger partial charge in [-0.1, -0.05) is 0 Å². The van der Waals surface area contributed by atoms with E-state index in [0.717, 1.165) is 13.2 Å². The molecule has 2 saturated heterocycles. The minimum absolute atomic E-state index is 0.307. The number of fused-ring (bicyclic) bond motifs is 2. The second-order valence-corrected chi connectivity index (χ2v) is 3.81. The van der Waals surface area contributed by atoms with E-state index >= 15 is 0 Å². The van der Waals surface area contributed by atoms with Crippen molar-refractivity contribution < 1.29 is 4.74 Å². The Bertz CT molecular complexity index is 125. The highest BCUT2D eigenvalue weighted by Gasteiger charge is 2.34. The average molecular weight is 141 g/mol. The van der Waals surface area contributed by atoms with Gasteiger partial charge < -0.3 is 10.1 Å². The van der Waals surface area contributed by atoms with Crippen LogP contribution in [0.4, 0.5) is 0 Å². The molecule has 0 aromatic rings. The lowest BCUT2D eigenvalue weighted by atomic mass is 9.87. The van der Waals surface area contributed by atoms with Gasteiger partial charge in [-0.3, -0.25) is 0 Å². The number of hydrogen-bond acceptors (Lipinski definition) is 2. The molecule has 2 rings (SSSR count). The van der Waals surface area contributed by atoms with Gasteiger partial charge in [-0.2, -0.15) is 0 Å². The quantitative estimate of drug-likeness (QED) is 0.541. The molecule has 2 atom stereocenters. The van der Waals surface area contributed by atoms with Crippen LogP contribution in [0.2, 0.25) is 0 Å². The van der Waals surface area contributed by atoms with Crippen LogP contribution < -0.4 is 5.32 Å². The third-order valence-corrected chi connectivity index (χ3v) is 2.57. The Balaban J connectivity index is 2.07. The smallest absolute Gasteiger partial charge is 0.0646 e. The molecule has 0 radical (unpaired) electrons. The van der Waals surface area contributed by atoms with E-state index in [0.29, 0.717) is 11.6 Å². The van der Waals surface area contributed by atoms with Gasteiger partial charge in [0.05, 0.1) is 13.2 Å². The number of rotatable bonds is 0. The summed E-state index contributed by atoms with van der Waals surface area (Å²) in [6.07, 6.45) is 3.95. The fourth-order valence-electron chi connectivity index (χ4n) is 2.04. The topological polar surface area (TPSA) is 21.3 Å². The molecule has 2 heterocycles. The molecular weight excluding hydrogens is 126 g/mol. The van der Waals surface area contributed by atoms with E-state index in [4.69, 9.17) is 4.74 Å². The normalized spacial score (nSPS) is 47.1. The largest absolute Gasteiger partial charge is 0.378 e. The molecule has 2 aliphatic rings. The van der Waals surface area contributed by atoms with Crippen molar-refractivity contribution in [3.8, 4) is 0 Å². The number of morpholine rings is 1. The number of ether oxygens (including phenoxy) is 1. The molecule has 2 bridgehead atoms. The van der Waals surface area contributed by atoms with Crippen molar-refractivity contribution in [2.75, 3.05) is 13.2 Å². The molecule has 2 nitrogen and oxygen atoms in total. The first kappa shape index (κ1) is 6.62. The van der Waals surface area contributed by atoms with Crippen molar-refractivity contribution in [1.29, 1.82) is 0 Å². The third kappa shape index (κ3) is 1.06. The molecule has 0 saturated carbocycles. The van der Waals surface area contributed by atoms with Crippen LogP contribution in [0.3, 0.4) is 0 Å². The van der Waals surface area contributed by atoms with E-state index in [-0.39, 0.29) is 0 Å². The molecule has 2 unspecified atom stereocenters. The molecule has 2 aliphatic heterocycles. The average Bonchev–Trinajstić information content (AvgIpc) is 1.86. The molecule has 0 amide bonds. The predicted octanol–water partition coefficient (Wildman–Crippen LogP) is 0.917. The number of nitrogens with one attached hydrogen (secondary N) is 1. The summed E-state index contributed by atoms with van der Waals surface area (Å²) in [4.78, 5) is 0. The summed E-state index contributed by atoms with van der Waals surface area (Å²) < 4.78 is 5.48. The lowest BCUT2D eigenvalue weighted by Crippen LogP contribution is -2.59. The van der Waals surface area contributed by atoms with E-state index in [9.17, 15) is 0 Å². The molecule has 1 N–H and O–H groups in total. The van der Waals surface area contributed by atoms with Crippen LogP contribution in [-0.4, -0.2) is 24.8 Å². The molecule has 0 aromatic carbocycles. The fraction of sp³-hybridized carbons (Fsp3) is 1.00. The maximum absolute atomic E-state index is 5.48. The zero-order valence-corrected chi connectivity index (χ0v) is 6.52. The van der Waals surface area contributed by atoms with Crippen LogP contribution in [0.1, 0.15) is 26.2 Å². The molecule has 0 aromatic heterocycles. The zero-order valence-electron chi connectivity index (χ0n) is 6.52. The SMILES string of the molecule is CC12CCCC(COC1)N2. The summed E-state index contributed by atoms with van der Waals surface area (Å²) >= 11 is 0. The Morgan fingerprint density at radius 1 is 1.60 bits per heavy atom. The van der Waals surface area contributed by atoms with Crippen LogP contribution in [0, 0.1) is 0 Å². The summed E-state index contributed by atoms with van der Waals surface area (Å²) in [5, 5.41) is 3.60. The minimum atomic E-state index is 0.307. The van der Waals surface area contributed by atoms with Gasteiger partial charge in [-0.25, -0.2) is 0 Å². The maximum Gasteiger partial charge on any atom is 0.0646 e. The Morgan fingerprint density at radius 3 is 3.20 bits per heavy atom. The van der Waals surface area contributed by atoms with Crippen LogP contribution in [0.15, 0.2) is 0 Å². The first-order valence-electron chi connectivity index (χ1n) is 4.14. The van der Waals surface area contributed by atoms with Gasteiger partial charge in [0, 0.05) is 11.6 Å². The van der Waals surface area contributed by atoms with Crippen LogP contribution in [-0.2, 0) is 4.74 Å². The Kier molecular flexibility index (Phi) is 1.46. The van der Waals surface area contributed by atoms with E-state index in [1.807, 2.05) is 0 Å². The van der Waals surface area contributed by atoms with E-state index in [1.54, 1.807) is 0 Å². The van der Waals surface area contributed by atoms with E-state index in [2.05, 4.69) is 12.2 Å². The summed E-state index contributed by atoms with van der Waals surface area (Å²) in [6, 6.07) is 0.646. The van der Waals surface area contributed by atoms with Crippen molar-refractivity contribution in [2.45, 2.75) is 37.8 Å². The van der Waals surface area contributed by atoms with Gasteiger partial charge in [0.25, 0.3) is 0 Å². The molecule has 2 heteroatoms. The van der Waals surface area contributed by atoms with Crippen LogP contribution in [0.25, 0.3) is 0 Å². The van der Waals surface area contributed by atoms with Crippen molar-refractivity contribution >= 4 is 0 Å². The fourth-order valence-corrected chi connectivity index (χ4v) is 2.04. The highest BCUT2D eigenvalue weighted by Crippen LogP contribution is 2.25. The summed E-state index contributed by atoms with van der Waals surface area (Å²) in [6.45, 7) is 4.09. The molecule has 2 fully saturated rings. The minimum Gasteiger partial charge on any atom is -0.378 e. The first-order chi connectivity index (χ1) is 4.79. The second-order valence-electron chi connectivity index (χ2n) is 3.81. The van der Waals surface area contributed by atoms with E-state index in [1.165, 1.54) is 19.3 Å². The molecule has 58 valence electrons. The summed E-state index contributed by atoms with van der Waals surface area (Å²) in [7, 11) is 0. The second kappa shape index (κ2) is 2.21. The number of hydrogen-bond donors (Lipinski definition) is 1. The lowest BCUT2D eigenvalue weighted by Gasteiger charge is -2.43. The van der Waals surface area contributed by atoms with Gasteiger partial charge in [0.15, 0.2) is 0 Å². The van der Waals surface area contributed by atoms with Gasteiger partial charge in [-0.15, -0.1) is 0 Å². The third-order valence-electron chi connectivity index (χ3n) is 2.57. The Labute approximate surface area is 61.9 Å². The Morgan fingerprint density at radius 2 is 2.50 bits per heavy atom. The van der Waals surface area contributed by atoms with Crippen molar-refractivity contribution in [3.05, 3.63) is 0 Å². The van der Waals surface area contributed by atoms with E-state index < -0.39 is 0 Å². The highest BCUT2D eigenvalue weighted by atomic mass is 16.5. The van der Waals surface area contributed by atoms with Crippen LogP contribution in [0.5, 0.6) is 0 Å². The standard InChI is InChI=1S/C8H15NO/c1-8-4-2-3-7(9-8)5-10-6-8/h7,9H,2-6H2,1H3. The van der Waals surface area contributed by atoms with Crippen molar-refractivity contribution in [2.24, 2.45) is 0 Å². The molecule has 10 heavy (non-hydrogen) atoms. The van der Waals surface area contributed by atoms with Crippen molar-refractivity contribution in [3.63, 3.8) is 0 Å². The highest BCUT2D eigenvalue weighted by molar-refractivity contribution is 4.93. The summed E-state index contributed by atoms with van der Waals surface area (Å²) in [5.41, 5.74) is 0.307. The van der Waals surface area contributed by atoms with Gasteiger partial charge in [0.2, 0.25) is 0 Å². The molecule has 0 aliphatic carbocycles. The zero-order chi connectivity index (χ0) is 7.03.